The number of rotatable bonds is 6. The summed E-state index contributed by atoms with van der Waals surface area (Å²) in [5.41, 5.74) is 3.38. The molecule has 0 aliphatic rings. The van der Waals surface area contributed by atoms with Crippen LogP contribution in [0, 0.1) is 0 Å². The molecule has 0 bridgehead atoms. The van der Waals surface area contributed by atoms with Crippen molar-refractivity contribution in [1.82, 2.24) is 5.43 Å². The number of nitrogens with zero attached hydrogens (tertiary/aromatic N) is 1. The Morgan fingerprint density at radius 2 is 2.22 bits per heavy atom. The predicted molar refractivity (Wildman–Crippen MR) is 72.7 cm³/mol. The maximum Gasteiger partial charge on any atom is 0.210 e. The van der Waals surface area contributed by atoms with Crippen molar-refractivity contribution in [2.24, 2.45) is 10.8 Å². The van der Waals surface area contributed by atoms with Crippen molar-refractivity contribution in [2.75, 3.05) is 32.7 Å². The van der Waals surface area contributed by atoms with Crippen LogP contribution in [0.5, 0.6) is 5.75 Å². The van der Waals surface area contributed by atoms with Gasteiger partial charge in [-0.15, -0.1) is 0 Å². The summed E-state index contributed by atoms with van der Waals surface area (Å²) in [5, 5.41) is 3.07. The van der Waals surface area contributed by atoms with Crippen LogP contribution in [0.3, 0.4) is 0 Å². The smallest absolute Gasteiger partial charge is 0.210 e. The van der Waals surface area contributed by atoms with Crippen LogP contribution in [0.15, 0.2) is 29.3 Å². The molecule has 0 atom stereocenters. The SMILES string of the molecule is COCCCN=C(NN)Nc1cccc(OC)c1. The first kappa shape index (κ1) is 14.3. The Bertz CT molecular complexity index is 382. The Labute approximate surface area is 107 Å². The molecule has 0 aliphatic carbocycles. The monoisotopic (exact) mass is 252 g/mol. The maximum atomic E-state index is 5.40. The van der Waals surface area contributed by atoms with E-state index in [0.29, 0.717) is 19.1 Å². The van der Waals surface area contributed by atoms with Crippen molar-refractivity contribution in [3.63, 3.8) is 0 Å². The molecule has 1 aromatic rings. The van der Waals surface area contributed by atoms with Gasteiger partial charge in [-0.1, -0.05) is 6.07 Å². The second-order valence-corrected chi connectivity index (χ2v) is 3.58. The first-order valence-electron chi connectivity index (χ1n) is 5.71. The van der Waals surface area contributed by atoms with Crippen molar-refractivity contribution in [3.05, 3.63) is 24.3 Å². The molecule has 6 heteroatoms. The molecule has 0 saturated heterocycles. The van der Waals surface area contributed by atoms with Gasteiger partial charge in [0, 0.05) is 32.0 Å². The van der Waals surface area contributed by atoms with Crippen LogP contribution >= 0.6 is 0 Å². The molecule has 0 spiro atoms. The number of nitrogens with two attached hydrogens (primary N) is 1. The zero-order chi connectivity index (χ0) is 13.2. The van der Waals surface area contributed by atoms with E-state index >= 15 is 0 Å². The van der Waals surface area contributed by atoms with E-state index in [2.05, 4.69) is 15.7 Å². The Hall–Kier alpha value is -1.79. The van der Waals surface area contributed by atoms with E-state index in [1.165, 1.54) is 0 Å². The minimum absolute atomic E-state index is 0.513. The lowest BCUT2D eigenvalue weighted by Crippen LogP contribution is -2.36. The number of guanidine groups is 1. The molecule has 0 amide bonds. The summed E-state index contributed by atoms with van der Waals surface area (Å²) >= 11 is 0. The molecule has 0 radical (unpaired) electrons. The molecular weight excluding hydrogens is 232 g/mol. The summed E-state index contributed by atoms with van der Waals surface area (Å²) in [7, 11) is 3.29. The van der Waals surface area contributed by atoms with E-state index in [1.807, 2.05) is 24.3 Å². The lowest BCUT2D eigenvalue weighted by Gasteiger charge is -2.10. The molecular formula is C12H20N4O2. The van der Waals surface area contributed by atoms with Crippen molar-refractivity contribution < 1.29 is 9.47 Å². The highest BCUT2D eigenvalue weighted by Gasteiger charge is 1.99. The van der Waals surface area contributed by atoms with Crippen LogP contribution in [0.25, 0.3) is 0 Å². The minimum Gasteiger partial charge on any atom is -0.497 e. The van der Waals surface area contributed by atoms with E-state index in [1.54, 1.807) is 14.2 Å². The zero-order valence-corrected chi connectivity index (χ0v) is 10.8. The molecule has 4 N–H and O–H groups in total. The highest BCUT2D eigenvalue weighted by atomic mass is 16.5. The molecule has 0 saturated carbocycles. The lowest BCUT2D eigenvalue weighted by molar-refractivity contribution is 0.197. The fourth-order valence-corrected chi connectivity index (χ4v) is 1.36. The van der Waals surface area contributed by atoms with Gasteiger partial charge < -0.3 is 14.8 Å². The van der Waals surface area contributed by atoms with Crippen LogP contribution in [0.4, 0.5) is 5.69 Å². The fourth-order valence-electron chi connectivity index (χ4n) is 1.36. The predicted octanol–water partition coefficient (Wildman–Crippen LogP) is 0.963. The molecule has 0 aliphatic heterocycles. The highest BCUT2D eigenvalue weighted by molar-refractivity contribution is 5.93. The van der Waals surface area contributed by atoms with Gasteiger partial charge in [-0.2, -0.15) is 0 Å². The zero-order valence-electron chi connectivity index (χ0n) is 10.8. The molecule has 6 nitrogen and oxygen atoms in total. The largest absolute Gasteiger partial charge is 0.497 e. The summed E-state index contributed by atoms with van der Waals surface area (Å²) in [6, 6.07) is 7.53. The van der Waals surface area contributed by atoms with Gasteiger partial charge in [0.2, 0.25) is 5.96 Å². The van der Waals surface area contributed by atoms with Crippen molar-refractivity contribution >= 4 is 11.6 Å². The normalized spacial score (nSPS) is 11.2. The number of anilines is 1. The number of nitrogens with one attached hydrogen (secondary N) is 2. The number of hydrogen-bond donors (Lipinski definition) is 3. The summed E-state index contributed by atoms with van der Waals surface area (Å²) in [6.45, 7) is 1.32. The number of ether oxygens (including phenoxy) is 2. The van der Waals surface area contributed by atoms with E-state index < -0.39 is 0 Å². The average Bonchev–Trinajstić information content (AvgIpc) is 2.42. The Morgan fingerprint density at radius 1 is 1.39 bits per heavy atom. The molecule has 0 fully saturated rings. The van der Waals surface area contributed by atoms with Crippen molar-refractivity contribution in [3.8, 4) is 5.75 Å². The molecule has 0 unspecified atom stereocenters. The van der Waals surface area contributed by atoms with Crippen LogP contribution < -0.4 is 21.3 Å². The molecule has 1 aromatic carbocycles. The van der Waals surface area contributed by atoms with Gasteiger partial charge in [0.15, 0.2) is 0 Å². The standard InChI is InChI=1S/C12H20N4O2/c1-17-8-4-7-14-12(16-13)15-10-5-3-6-11(9-10)18-2/h3,5-6,9H,4,7-8,13H2,1-2H3,(H2,14,15,16). The van der Waals surface area contributed by atoms with Crippen LogP contribution in [0.1, 0.15) is 6.42 Å². The topological polar surface area (TPSA) is 80.9 Å². The lowest BCUT2D eigenvalue weighted by atomic mass is 10.3. The molecule has 0 aromatic heterocycles. The van der Waals surface area contributed by atoms with Crippen LogP contribution in [-0.2, 0) is 4.74 Å². The van der Waals surface area contributed by atoms with E-state index in [4.69, 9.17) is 15.3 Å². The van der Waals surface area contributed by atoms with Crippen LogP contribution in [-0.4, -0.2) is 33.3 Å². The first-order valence-corrected chi connectivity index (χ1v) is 5.71. The highest BCUT2D eigenvalue weighted by Crippen LogP contribution is 2.16. The second kappa shape index (κ2) is 8.32. The number of hydrogen-bond acceptors (Lipinski definition) is 4. The Balaban J connectivity index is 2.55. The maximum absolute atomic E-state index is 5.40. The van der Waals surface area contributed by atoms with E-state index in [0.717, 1.165) is 17.9 Å². The molecule has 1 rings (SSSR count). The van der Waals surface area contributed by atoms with Gasteiger partial charge >= 0.3 is 0 Å². The van der Waals surface area contributed by atoms with Crippen LogP contribution in [0.2, 0.25) is 0 Å². The summed E-state index contributed by atoms with van der Waals surface area (Å²) in [6.07, 6.45) is 0.849. The van der Waals surface area contributed by atoms with E-state index in [-0.39, 0.29) is 0 Å². The quantitative estimate of drug-likeness (QED) is 0.231. The average molecular weight is 252 g/mol. The number of methoxy groups -OCH3 is 2. The third kappa shape index (κ3) is 5.03. The molecule has 100 valence electrons. The van der Waals surface area contributed by atoms with Crippen molar-refractivity contribution in [2.45, 2.75) is 6.42 Å². The first-order chi connectivity index (χ1) is 8.80. The van der Waals surface area contributed by atoms with Crippen molar-refractivity contribution in [1.29, 1.82) is 0 Å². The third-order valence-electron chi connectivity index (χ3n) is 2.25. The van der Waals surface area contributed by atoms with Gasteiger partial charge in [0.1, 0.15) is 5.75 Å². The molecule has 18 heavy (non-hydrogen) atoms. The van der Waals surface area contributed by atoms with E-state index in [9.17, 15) is 0 Å². The van der Waals surface area contributed by atoms with Gasteiger partial charge in [0.05, 0.1) is 7.11 Å². The van der Waals surface area contributed by atoms with Gasteiger partial charge in [-0.3, -0.25) is 10.4 Å². The number of aliphatic imine (C=N–C) groups is 1. The molecule has 0 heterocycles. The van der Waals surface area contributed by atoms with Gasteiger partial charge in [-0.05, 0) is 18.6 Å². The Morgan fingerprint density at radius 3 is 2.89 bits per heavy atom. The summed E-state index contributed by atoms with van der Waals surface area (Å²) < 4.78 is 10.1. The number of benzene rings is 1. The van der Waals surface area contributed by atoms with Gasteiger partial charge in [-0.25, -0.2) is 5.84 Å². The number of hydrazine groups is 1. The second-order valence-electron chi connectivity index (χ2n) is 3.58. The fraction of sp³-hybridized carbons (Fsp3) is 0.417. The van der Waals surface area contributed by atoms with Gasteiger partial charge in [0.25, 0.3) is 0 Å². The summed E-state index contributed by atoms with van der Waals surface area (Å²) in [4.78, 5) is 4.28. The summed E-state index contributed by atoms with van der Waals surface area (Å²) in [5.74, 6) is 6.69. The minimum atomic E-state index is 0.513. The Kier molecular flexibility index (Phi) is 6.60. The third-order valence-corrected chi connectivity index (χ3v) is 2.25.